The number of nitrogens with zero attached hydrogens (tertiary/aromatic N) is 2. The Labute approximate surface area is 159 Å². The summed E-state index contributed by atoms with van der Waals surface area (Å²) in [7, 11) is 0. The number of hydrogen-bond donors (Lipinski definition) is 2. The lowest BCUT2D eigenvalue weighted by Crippen LogP contribution is -2.24. The maximum atomic E-state index is 13.2. The molecular weight excluding hydrogens is 371 g/mol. The van der Waals surface area contributed by atoms with Crippen molar-refractivity contribution in [2.45, 2.75) is 17.8 Å². The van der Waals surface area contributed by atoms with Crippen molar-refractivity contribution >= 4 is 39.8 Å². The molecule has 0 aliphatic rings. The molecule has 0 unspecified atom stereocenters. The van der Waals surface area contributed by atoms with Crippen molar-refractivity contribution < 1.29 is 9.18 Å². The molecule has 8 heteroatoms. The first kappa shape index (κ1) is 18.3. The zero-order chi connectivity index (χ0) is 18.4. The van der Waals surface area contributed by atoms with E-state index >= 15 is 0 Å². The summed E-state index contributed by atoms with van der Waals surface area (Å²) in [6, 6.07) is 14.2. The number of halogens is 1. The molecule has 0 fully saturated rings. The Balaban J connectivity index is 1.45. The van der Waals surface area contributed by atoms with Crippen LogP contribution in [-0.4, -0.2) is 21.9 Å². The standard InChI is InChI=1S/C18H17FN4OS2/c1-12-5-7-13(8-6-12)10-20-16(24)11-25-18-23-22-17(26-18)21-15-4-2-3-14(19)9-15/h2-9H,10-11H2,1H3,(H,20,24)(H,21,22). The lowest BCUT2D eigenvalue weighted by Gasteiger charge is -2.04. The molecule has 0 saturated heterocycles. The number of benzene rings is 2. The molecule has 2 N–H and O–H groups in total. The van der Waals surface area contributed by atoms with Gasteiger partial charge in [0.05, 0.1) is 5.75 Å². The number of hydrogen-bond acceptors (Lipinski definition) is 6. The molecule has 0 aliphatic heterocycles. The first-order valence-corrected chi connectivity index (χ1v) is 9.70. The third-order valence-electron chi connectivity index (χ3n) is 3.42. The van der Waals surface area contributed by atoms with Crippen LogP contribution in [0.25, 0.3) is 0 Å². The van der Waals surface area contributed by atoms with E-state index in [1.54, 1.807) is 12.1 Å². The van der Waals surface area contributed by atoms with E-state index in [0.717, 1.165) is 5.56 Å². The van der Waals surface area contributed by atoms with Crippen molar-refractivity contribution in [2.24, 2.45) is 0 Å². The fourth-order valence-electron chi connectivity index (χ4n) is 2.09. The fourth-order valence-corrected chi connectivity index (χ4v) is 3.70. The Kier molecular flexibility index (Phi) is 6.19. The van der Waals surface area contributed by atoms with Gasteiger partial charge in [-0.15, -0.1) is 10.2 Å². The number of aryl methyl sites for hydroxylation is 1. The van der Waals surface area contributed by atoms with Crippen molar-refractivity contribution in [3.05, 3.63) is 65.5 Å². The zero-order valence-corrected chi connectivity index (χ0v) is 15.7. The van der Waals surface area contributed by atoms with E-state index in [9.17, 15) is 9.18 Å². The van der Waals surface area contributed by atoms with Crippen LogP contribution in [0.4, 0.5) is 15.2 Å². The van der Waals surface area contributed by atoms with Gasteiger partial charge in [0.15, 0.2) is 4.34 Å². The van der Waals surface area contributed by atoms with Crippen LogP contribution < -0.4 is 10.6 Å². The SMILES string of the molecule is Cc1ccc(CNC(=O)CSc2nnc(Nc3cccc(F)c3)s2)cc1. The van der Waals surface area contributed by atoms with Gasteiger partial charge in [-0.3, -0.25) is 4.79 Å². The summed E-state index contributed by atoms with van der Waals surface area (Å²) in [4.78, 5) is 12.0. The van der Waals surface area contributed by atoms with Crippen LogP contribution in [0.5, 0.6) is 0 Å². The summed E-state index contributed by atoms with van der Waals surface area (Å²) in [6.07, 6.45) is 0. The summed E-state index contributed by atoms with van der Waals surface area (Å²) in [5, 5.41) is 14.5. The van der Waals surface area contributed by atoms with Gasteiger partial charge in [0.25, 0.3) is 0 Å². The van der Waals surface area contributed by atoms with E-state index in [0.29, 0.717) is 21.7 Å². The van der Waals surface area contributed by atoms with E-state index in [2.05, 4.69) is 20.8 Å². The van der Waals surface area contributed by atoms with Crippen molar-refractivity contribution in [1.82, 2.24) is 15.5 Å². The van der Waals surface area contributed by atoms with Gasteiger partial charge in [-0.05, 0) is 30.7 Å². The molecule has 3 rings (SSSR count). The van der Waals surface area contributed by atoms with Gasteiger partial charge in [0.2, 0.25) is 11.0 Å². The highest BCUT2D eigenvalue weighted by Crippen LogP contribution is 2.27. The lowest BCUT2D eigenvalue weighted by atomic mass is 10.1. The molecule has 1 amide bonds. The second-order valence-electron chi connectivity index (χ2n) is 5.56. The first-order chi connectivity index (χ1) is 12.6. The molecule has 0 atom stereocenters. The van der Waals surface area contributed by atoms with Gasteiger partial charge in [-0.2, -0.15) is 0 Å². The van der Waals surface area contributed by atoms with Gasteiger partial charge < -0.3 is 10.6 Å². The summed E-state index contributed by atoms with van der Waals surface area (Å²) in [5.41, 5.74) is 2.86. The fraction of sp³-hybridized carbons (Fsp3) is 0.167. The number of nitrogens with one attached hydrogen (secondary N) is 2. The third-order valence-corrected chi connectivity index (χ3v) is 5.39. The topological polar surface area (TPSA) is 66.9 Å². The highest BCUT2D eigenvalue weighted by molar-refractivity contribution is 8.01. The summed E-state index contributed by atoms with van der Waals surface area (Å²) >= 11 is 2.64. The van der Waals surface area contributed by atoms with E-state index in [1.807, 2.05) is 31.2 Å². The number of thioether (sulfide) groups is 1. The largest absolute Gasteiger partial charge is 0.351 e. The van der Waals surface area contributed by atoms with Crippen molar-refractivity contribution in [3.63, 3.8) is 0 Å². The smallest absolute Gasteiger partial charge is 0.230 e. The Bertz CT molecular complexity index is 883. The molecule has 5 nitrogen and oxygen atoms in total. The van der Waals surface area contributed by atoms with Crippen molar-refractivity contribution in [2.75, 3.05) is 11.1 Å². The Morgan fingerprint density at radius 1 is 1.19 bits per heavy atom. The van der Waals surface area contributed by atoms with Crippen LogP contribution in [0.15, 0.2) is 52.9 Å². The van der Waals surface area contributed by atoms with Gasteiger partial charge >= 0.3 is 0 Å². The minimum Gasteiger partial charge on any atom is -0.351 e. The molecule has 0 spiro atoms. The summed E-state index contributed by atoms with van der Waals surface area (Å²) < 4.78 is 13.9. The number of carbonyl (C=O) groups is 1. The average molecular weight is 388 g/mol. The van der Waals surface area contributed by atoms with Gasteiger partial charge in [0, 0.05) is 12.2 Å². The predicted molar refractivity (Wildman–Crippen MR) is 103 cm³/mol. The van der Waals surface area contributed by atoms with Crippen LogP contribution in [-0.2, 0) is 11.3 Å². The Morgan fingerprint density at radius 3 is 2.77 bits per heavy atom. The van der Waals surface area contributed by atoms with E-state index in [4.69, 9.17) is 0 Å². The lowest BCUT2D eigenvalue weighted by molar-refractivity contribution is -0.118. The summed E-state index contributed by atoms with van der Waals surface area (Å²) in [6.45, 7) is 2.53. The predicted octanol–water partition coefficient (Wildman–Crippen LogP) is 4.14. The molecule has 1 heterocycles. The zero-order valence-electron chi connectivity index (χ0n) is 14.0. The number of rotatable bonds is 7. The van der Waals surface area contributed by atoms with Gasteiger partial charge in [-0.1, -0.05) is 59.0 Å². The Hall–Kier alpha value is -2.45. The molecule has 3 aromatic rings. The van der Waals surface area contributed by atoms with E-state index in [-0.39, 0.29) is 17.5 Å². The van der Waals surface area contributed by atoms with Crippen LogP contribution in [0.3, 0.4) is 0 Å². The van der Waals surface area contributed by atoms with E-state index in [1.165, 1.54) is 40.8 Å². The third kappa shape index (κ3) is 5.53. The quantitative estimate of drug-likeness (QED) is 0.596. The average Bonchev–Trinajstić information content (AvgIpc) is 3.07. The number of carbonyl (C=O) groups excluding carboxylic acids is 1. The van der Waals surface area contributed by atoms with Crippen molar-refractivity contribution in [1.29, 1.82) is 0 Å². The monoisotopic (exact) mass is 388 g/mol. The molecule has 0 saturated carbocycles. The normalized spacial score (nSPS) is 10.5. The molecule has 0 radical (unpaired) electrons. The van der Waals surface area contributed by atoms with Crippen LogP contribution >= 0.6 is 23.1 Å². The molecule has 134 valence electrons. The number of aromatic nitrogens is 2. The van der Waals surface area contributed by atoms with Crippen LogP contribution in [0, 0.1) is 12.7 Å². The highest BCUT2D eigenvalue weighted by atomic mass is 32.2. The van der Waals surface area contributed by atoms with Gasteiger partial charge in [0.1, 0.15) is 5.82 Å². The molecule has 26 heavy (non-hydrogen) atoms. The van der Waals surface area contributed by atoms with Gasteiger partial charge in [-0.25, -0.2) is 4.39 Å². The maximum Gasteiger partial charge on any atom is 0.230 e. The highest BCUT2D eigenvalue weighted by Gasteiger charge is 2.09. The van der Waals surface area contributed by atoms with Crippen molar-refractivity contribution in [3.8, 4) is 0 Å². The first-order valence-electron chi connectivity index (χ1n) is 7.89. The molecule has 0 bridgehead atoms. The maximum absolute atomic E-state index is 13.2. The van der Waals surface area contributed by atoms with Crippen LogP contribution in [0.1, 0.15) is 11.1 Å². The Morgan fingerprint density at radius 2 is 2.00 bits per heavy atom. The molecule has 1 aromatic heterocycles. The minimum atomic E-state index is -0.320. The molecule has 0 aliphatic carbocycles. The second kappa shape index (κ2) is 8.77. The summed E-state index contributed by atoms with van der Waals surface area (Å²) in [5.74, 6) is -0.120. The number of amides is 1. The van der Waals surface area contributed by atoms with Crippen LogP contribution in [0.2, 0.25) is 0 Å². The molecular formula is C18H17FN4OS2. The van der Waals surface area contributed by atoms with E-state index < -0.39 is 0 Å². The number of anilines is 2. The second-order valence-corrected chi connectivity index (χ2v) is 7.76. The molecule has 2 aromatic carbocycles. The minimum absolute atomic E-state index is 0.0644.